The summed E-state index contributed by atoms with van der Waals surface area (Å²) in [5, 5.41) is 11.2. The molecule has 2 aromatic carbocycles. The quantitative estimate of drug-likeness (QED) is 0.297. The maximum Gasteiger partial charge on any atom is 0.410 e. The zero-order valence-corrected chi connectivity index (χ0v) is 25.0. The summed E-state index contributed by atoms with van der Waals surface area (Å²) < 4.78 is 37.7. The van der Waals surface area contributed by atoms with Crippen molar-refractivity contribution in [2.45, 2.75) is 32.8 Å². The average Bonchev–Trinajstić information content (AvgIpc) is 3.41. The standard InChI is InChI=1S/C28H28Cl2F2N8O3/c1-28(2,3)43-27(42)39-9-7-38(8-10-39)15-11-19(31)23(20(32)12-15)36-25-22(24(33)41)26-37-34-14-40(26)21(35-25)13-16-17(29)5-4-6-18(16)30/h4-6,11-12,14,36H,7-10,13H2,1-3H3,(H2,33,41). The molecule has 1 aliphatic rings. The van der Waals surface area contributed by atoms with Crippen LogP contribution >= 0.6 is 23.2 Å². The number of amides is 2. The molecule has 0 radical (unpaired) electrons. The van der Waals surface area contributed by atoms with Gasteiger partial charge in [0, 0.05) is 48.3 Å². The Hall–Kier alpha value is -4.23. The number of aromatic nitrogens is 4. The molecule has 0 spiro atoms. The SMILES string of the molecule is CC(C)(C)OC(=O)N1CCN(c2cc(F)c(Nc3nc(Cc4c(Cl)cccc4Cl)n4cnnc4c3C(N)=O)c(F)c2)CC1. The van der Waals surface area contributed by atoms with E-state index in [-0.39, 0.29) is 35.0 Å². The van der Waals surface area contributed by atoms with Crippen molar-refractivity contribution in [3.63, 3.8) is 0 Å². The fourth-order valence-corrected chi connectivity index (χ4v) is 5.23. The number of ether oxygens (including phenoxy) is 1. The summed E-state index contributed by atoms with van der Waals surface area (Å²) in [6.45, 7) is 6.67. The highest BCUT2D eigenvalue weighted by Crippen LogP contribution is 2.32. The Labute approximate surface area is 255 Å². The molecule has 4 aromatic rings. The molecule has 5 rings (SSSR count). The third-order valence-electron chi connectivity index (χ3n) is 6.74. The van der Waals surface area contributed by atoms with Crippen LogP contribution in [0.1, 0.15) is 42.5 Å². The number of rotatable bonds is 6. The Kier molecular flexibility index (Phi) is 8.30. The number of nitrogens with zero attached hydrogens (tertiary/aromatic N) is 6. The van der Waals surface area contributed by atoms with Crippen molar-refractivity contribution in [1.29, 1.82) is 0 Å². The van der Waals surface area contributed by atoms with E-state index in [2.05, 4.69) is 20.5 Å². The van der Waals surface area contributed by atoms with Crippen LogP contribution in [0.5, 0.6) is 0 Å². The zero-order chi connectivity index (χ0) is 31.1. The maximum absolute atomic E-state index is 15.5. The van der Waals surface area contributed by atoms with Crippen LogP contribution in [-0.4, -0.2) is 68.3 Å². The minimum Gasteiger partial charge on any atom is -0.444 e. The first-order valence-corrected chi connectivity index (χ1v) is 14.0. The highest BCUT2D eigenvalue weighted by atomic mass is 35.5. The Morgan fingerprint density at radius 1 is 1.07 bits per heavy atom. The maximum atomic E-state index is 15.5. The molecule has 0 saturated carbocycles. The number of nitrogens with two attached hydrogens (primary N) is 1. The number of benzene rings is 2. The van der Waals surface area contributed by atoms with Gasteiger partial charge in [0.1, 0.15) is 34.8 Å². The molecule has 1 saturated heterocycles. The van der Waals surface area contributed by atoms with Crippen LogP contribution in [0, 0.1) is 11.6 Å². The molecule has 1 aliphatic heterocycles. The Balaban J connectivity index is 1.43. The summed E-state index contributed by atoms with van der Waals surface area (Å²) in [5.41, 5.74) is 5.10. The van der Waals surface area contributed by atoms with Crippen molar-refractivity contribution in [2.24, 2.45) is 5.73 Å². The number of primary amides is 1. The Bertz CT molecular complexity index is 1680. The number of hydrogen-bond donors (Lipinski definition) is 2. The van der Waals surface area contributed by atoms with Crippen LogP contribution in [-0.2, 0) is 11.2 Å². The van der Waals surface area contributed by atoms with E-state index in [1.54, 1.807) is 48.8 Å². The second-order valence-electron chi connectivity index (χ2n) is 10.9. The van der Waals surface area contributed by atoms with Crippen LogP contribution in [0.3, 0.4) is 0 Å². The normalized spacial score (nSPS) is 13.8. The van der Waals surface area contributed by atoms with E-state index in [0.717, 1.165) is 0 Å². The lowest BCUT2D eigenvalue weighted by Gasteiger charge is -2.36. The average molecular weight is 633 g/mol. The van der Waals surface area contributed by atoms with Gasteiger partial charge in [-0.3, -0.25) is 9.20 Å². The second-order valence-corrected chi connectivity index (χ2v) is 11.7. The minimum absolute atomic E-state index is 0.0310. The van der Waals surface area contributed by atoms with Crippen molar-refractivity contribution in [2.75, 3.05) is 36.4 Å². The predicted molar refractivity (Wildman–Crippen MR) is 158 cm³/mol. The Morgan fingerprint density at radius 2 is 1.70 bits per heavy atom. The molecule has 11 nitrogen and oxygen atoms in total. The van der Waals surface area contributed by atoms with E-state index < -0.39 is 34.9 Å². The summed E-state index contributed by atoms with van der Waals surface area (Å²) in [4.78, 5) is 32.6. The molecule has 0 bridgehead atoms. The molecule has 43 heavy (non-hydrogen) atoms. The third kappa shape index (κ3) is 6.42. The van der Waals surface area contributed by atoms with Crippen LogP contribution in [0.25, 0.3) is 5.65 Å². The fourth-order valence-electron chi connectivity index (χ4n) is 4.69. The number of halogens is 4. The molecule has 3 heterocycles. The highest BCUT2D eigenvalue weighted by Gasteiger charge is 2.28. The highest BCUT2D eigenvalue weighted by molar-refractivity contribution is 6.36. The molecular weight excluding hydrogens is 605 g/mol. The van der Waals surface area contributed by atoms with E-state index in [0.29, 0.717) is 41.8 Å². The van der Waals surface area contributed by atoms with Crippen molar-refractivity contribution < 1.29 is 23.1 Å². The van der Waals surface area contributed by atoms with Gasteiger partial charge in [-0.1, -0.05) is 29.3 Å². The number of fused-ring (bicyclic) bond motifs is 1. The first-order chi connectivity index (χ1) is 20.3. The second kappa shape index (κ2) is 11.8. The number of anilines is 3. The Morgan fingerprint density at radius 3 is 2.28 bits per heavy atom. The van der Waals surface area contributed by atoms with Crippen LogP contribution in [0.4, 0.5) is 30.8 Å². The lowest BCUT2D eigenvalue weighted by molar-refractivity contribution is 0.0240. The van der Waals surface area contributed by atoms with Crippen LogP contribution in [0.2, 0.25) is 10.0 Å². The van der Waals surface area contributed by atoms with Gasteiger partial charge >= 0.3 is 6.09 Å². The molecule has 3 N–H and O–H groups in total. The molecule has 1 fully saturated rings. The third-order valence-corrected chi connectivity index (χ3v) is 7.45. The van der Waals surface area contributed by atoms with Gasteiger partial charge in [-0.05, 0) is 50.6 Å². The van der Waals surface area contributed by atoms with Crippen LogP contribution < -0.4 is 16.0 Å². The summed E-state index contributed by atoms with van der Waals surface area (Å²) in [6, 6.07) is 7.34. The van der Waals surface area contributed by atoms with E-state index >= 15 is 8.78 Å². The molecule has 15 heteroatoms. The molecule has 0 aliphatic carbocycles. The summed E-state index contributed by atoms with van der Waals surface area (Å²) >= 11 is 12.7. The van der Waals surface area contributed by atoms with Gasteiger partial charge in [-0.15, -0.1) is 10.2 Å². The van der Waals surface area contributed by atoms with Gasteiger partial charge < -0.3 is 25.6 Å². The largest absolute Gasteiger partial charge is 0.444 e. The smallest absolute Gasteiger partial charge is 0.410 e. The van der Waals surface area contributed by atoms with Crippen LogP contribution in [0.15, 0.2) is 36.7 Å². The van der Waals surface area contributed by atoms with Gasteiger partial charge in [0.25, 0.3) is 5.91 Å². The molecule has 2 amide bonds. The zero-order valence-electron chi connectivity index (χ0n) is 23.5. The van der Waals surface area contributed by atoms with E-state index in [1.807, 2.05) is 0 Å². The minimum atomic E-state index is -0.935. The topological polar surface area (TPSA) is 131 Å². The van der Waals surface area contributed by atoms with Gasteiger partial charge in [-0.25, -0.2) is 18.6 Å². The van der Waals surface area contributed by atoms with Crippen molar-refractivity contribution in [3.05, 3.63) is 75.3 Å². The summed E-state index contributed by atoms with van der Waals surface area (Å²) in [6.07, 6.45) is 0.972. The number of hydrogen-bond acceptors (Lipinski definition) is 8. The van der Waals surface area contributed by atoms with Crippen molar-refractivity contribution in [1.82, 2.24) is 24.5 Å². The van der Waals surface area contributed by atoms with Gasteiger partial charge in [0.15, 0.2) is 17.3 Å². The number of piperazine rings is 1. The van der Waals surface area contributed by atoms with Crippen molar-refractivity contribution >= 4 is 58.0 Å². The number of carbonyl (C=O) groups excluding carboxylic acids is 2. The number of nitrogens with one attached hydrogen (secondary N) is 1. The van der Waals surface area contributed by atoms with E-state index in [9.17, 15) is 9.59 Å². The van der Waals surface area contributed by atoms with Gasteiger partial charge in [0.2, 0.25) is 0 Å². The first kappa shape index (κ1) is 30.2. The summed E-state index contributed by atoms with van der Waals surface area (Å²) in [7, 11) is 0. The molecule has 226 valence electrons. The fraction of sp³-hybridized carbons (Fsp3) is 0.321. The first-order valence-electron chi connectivity index (χ1n) is 13.3. The molecule has 2 aromatic heterocycles. The molecule has 0 unspecified atom stereocenters. The van der Waals surface area contributed by atoms with Gasteiger partial charge in [-0.2, -0.15) is 0 Å². The number of carbonyl (C=O) groups is 2. The van der Waals surface area contributed by atoms with E-state index in [4.69, 9.17) is 33.7 Å². The molecular formula is C28H28Cl2F2N8O3. The lowest BCUT2D eigenvalue weighted by Crippen LogP contribution is -2.50. The lowest BCUT2D eigenvalue weighted by atomic mass is 10.1. The predicted octanol–water partition coefficient (Wildman–Crippen LogP) is 5.20. The molecule has 0 atom stereocenters. The van der Waals surface area contributed by atoms with E-state index in [1.165, 1.54) is 22.9 Å². The van der Waals surface area contributed by atoms with Crippen molar-refractivity contribution in [3.8, 4) is 0 Å². The monoisotopic (exact) mass is 632 g/mol. The summed E-state index contributed by atoms with van der Waals surface area (Å²) in [5.74, 6) is -2.74. The van der Waals surface area contributed by atoms with Gasteiger partial charge in [0.05, 0.1) is 0 Å².